The normalized spacial score (nSPS) is 11.2. The van der Waals surface area contributed by atoms with Gasteiger partial charge in [0.2, 0.25) is 0 Å². The van der Waals surface area contributed by atoms with Crippen LogP contribution >= 0.6 is 11.8 Å². The molecule has 2 aromatic carbocycles. The van der Waals surface area contributed by atoms with E-state index in [1.54, 1.807) is 30.0 Å². The van der Waals surface area contributed by atoms with Gasteiger partial charge in [-0.2, -0.15) is 0 Å². The van der Waals surface area contributed by atoms with Crippen molar-refractivity contribution in [3.8, 4) is 11.1 Å². The third-order valence-electron chi connectivity index (χ3n) is 5.30. The zero-order chi connectivity index (χ0) is 22.5. The van der Waals surface area contributed by atoms with E-state index in [1.807, 2.05) is 6.07 Å². The molecule has 0 aliphatic heterocycles. The van der Waals surface area contributed by atoms with Gasteiger partial charge in [-0.3, -0.25) is 4.98 Å². The molecule has 0 saturated carbocycles. The van der Waals surface area contributed by atoms with Gasteiger partial charge < -0.3 is 10.8 Å². The molecule has 162 valence electrons. The summed E-state index contributed by atoms with van der Waals surface area (Å²) in [5, 5.41) is 9.29. The number of nitrogens with two attached hydrogens (primary N) is 1. The van der Waals surface area contributed by atoms with Crippen LogP contribution in [0.3, 0.4) is 0 Å². The van der Waals surface area contributed by atoms with E-state index < -0.39 is 5.97 Å². The topological polar surface area (TPSA) is 76.2 Å². The van der Waals surface area contributed by atoms with Crippen LogP contribution in [-0.4, -0.2) is 16.1 Å². The minimum absolute atomic E-state index is 0.300. The lowest BCUT2D eigenvalue weighted by atomic mass is 9.90. The van der Waals surface area contributed by atoms with Gasteiger partial charge in [0.05, 0.1) is 5.56 Å². The number of benzene rings is 2. The fraction of sp³-hybridized carbons (Fsp3) is 0.308. The molecule has 0 saturated heterocycles. The maximum atomic E-state index is 11.3. The highest BCUT2D eigenvalue weighted by molar-refractivity contribution is 7.98. The molecule has 31 heavy (non-hydrogen) atoms. The van der Waals surface area contributed by atoms with E-state index in [0.717, 1.165) is 39.4 Å². The molecule has 4 nitrogen and oxygen atoms in total. The van der Waals surface area contributed by atoms with Gasteiger partial charge in [-0.25, -0.2) is 4.79 Å². The summed E-state index contributed by atoms with van der Waals surface area (Å²) >= 11 is 1.63. The summed E-state index contributed by atoms with van der Waals surface area (Å²) in [5.74, 6) is 0.270. The summed E-state index contributed by atoms with van der Waals surface area (Å²) in [5.41, 5.74) is 14.4. The molecule has 0 aliphatic rings. The number of aromatic carboxylic acids is 1. The Morgan fingerprint density at radius 2 is 1.81 bits per heavy atom. The van der Waals surface area contributed by atoms with Crippen molar-refractivity contribution in [3.05, 3.63) is 82.2 Å². The Kier molecular flexibility index (Phi) is 7.52. The Bertz CT molecular complexity index is 1080. The minimum Gasteiger partial charge on any atom is -0.478 e. The van der Waals surface area contributed by atoms with Crippen molar-refractivity contribution in [2.24, 2.45) is 11.7 Å². The molecular weight excluding hydrogens is 404 g/mol. The molecule has 0 fully saturated rings. The predicted molar refractivity (Wildman–Crippen MR) is 129 cm³/mol. The van der Waals surface area contributed by atoms with E-state index in [4.69, 9.17) is 10.7 Å². The second-order valence-corrected chi connectivity index (χ2v) is 9.31. The van der Waals surface area contributed by atoms with Gasteiger partial charge in [-0.15, -0.1) is 11.8 Å². The molecule has 0 spiro atoms. The first-order valence-corrected chi connectivity index (χ1v) is 11.5. The first-order valence-electron chi connectivity index (χ1n) is 10.5. The average Bonchev–Trinajstić information content (AvgIpc) is 2.73. The van der Waals surface area contributed by atoms with Gasteiger partial charge in [-0.1, -0.05) is 49.7 Å². The average molecular weight is 435 g/mol. The second kappa shape index (κ2) is 10.1. The fourth-order valence-corrected chi connectivity index (χ4v) is 4.79. The van der Waals surface area contributed by atoms with E-state index in [-0.39, 0.29) is 0 Å². The van der Waals surface area contributed by atoms with E-state index in [1.165, 1.54) is 11.1 Å². The number of thioether (sulfide) groups is 1. The summed E-state index contributed by atoms with van der Waals surface area (Å²) in [7, 11) is 0. The second-order valence-electron chi connectivity index (χ2n) is 8.27. The molecule has 3 N–H and O–H groups in total. The van der Waals surface area contributed by atoms with Gasteiger partial charge in [0.1, 0.15) is 0 Å². The van der Waals surface area contributed by atoms with Crippen LogP contribution < -0.4 is 5.73 Å². The summed E-state index contributed by atoms with van der Waals surface area (Å²) in [4.78, 5) is 17.2. The van der Waals surface area contributed by atoms with Crippen molar-refractivity contribution in [1.29, 1.82) is 0 Å². The highest BCUT2D eigenvalue weighted by Crippen LogP contribution is 2.36. The monoisotopic (exact) mass is 434 g/mol. The third-order valence-corrected chi connectivity index (χ3v) is 6.32. The van der Waals surface area contributed by atoms with Gasteiger partial charge >= 0.3 is 5.97 Å². The highest BCUT2D eigenvalue weighted by atomic mass is 32.2. The van der Waals surface area contributed by atoms with Crippen LogP contribution in [0.4, 0.5) is 0 Å². The number of aryl methyl sites for hydroxylation is 2. The van der Waals surface area contributed by atoms with E-state index >= 15 is 0 Å². The van der Waals surface area contributed by atoms with Crippen molar-refractivity contribution in [2.75, 3.05) is 0 Å². The van der Waals surface area contributed by atoms with Gasteiger partial charge in [-0.05, 0) is 66.6 Å². The first-order chi connectivity index (χ1) is 14.8. The number of carboxylic acid groups (broad SMARTS) is 1. The Balaban J connectivity index is 2.08. The molecule has 3 rings (SSSR count). The van der Waals surface area contributed by atoms with Crippen LogP contribution in [0.15, 0.2) is 53.4 Å². The Morgan fingerprint density at radius 1 is 1.10 bits per heavy atom. The molecule has 0 atom stereocenters. The maximum Gasteiger partial charge on any atom is 0.335 e. The number of pyridine rings is 1. The van der Waals surface area contributed by atoms with Crippen LogP contribution in [-0.2, 0) is 18.7 Å². The predicted octanol–water partition coefficient (Wildman–Crippen LogP) is 6.01. The quantitative estimate of drug-likeness (QED) is 0.424. The molecule has 0 radical (unpaired) electrons. The molecule has 0 unspecified atom stereocenters. The van der Waals surface area contributed by atoms with Crippen LogP contribution in [0.2, 0.25) is 0 Å². The van der Waals surface area contributed by atoms with E-state index in [2.05, 4.69) is 52.0 Å². The lowest BCUT2D eigenvalue weighted by Crippen LogP contribution is -2.13. The summed E-state index contributed by atoms with van der Waals surface area (Å²) in [6.07, 6.45) is 0.889. The standard InChI is InChI=1S/C26H30N2O2S/c1-16(2)12-24-22(14-27)25(19-10-8-17(3)9-11-19)23(18(4)28-24)15-31-21-7-5-6-20(13-21)26(29)30/h5-11,13,16H,12,14-15,27H2,1-4H3,(H,29,30). The summed E-state index contributed by atoms with van der Waals surface area (Å²) < 4.78 is 0. The van der Waals surface area contributed by atoms with Crippen molar-refractivity contribution in [3.63, 3.8) is 0 Å². The van der Waals surface area contributed by atoms with Crippen molar-refractivity contribution in [1.82, 2.24) is 4.98 Å². The Labute approximate surface area is 188 Å². The minimum atomic E-state index is -0.913. The largest absolute Gasteiger partial charge is 0.478 e. The van der Waals surface area contributed by atoms with Gasteiger partial charge in [0, 0.05) is 28.6 Å². The number of hydrogen-bond acceptors (Lipinski definition) is 4. The zero-order valence-electron chi connectivity index (χ0n) is 18.6. The highest BCUT2D eigenvalue weighted by Gasteiger charge is 2.19. The van der Waals surface area contributed by atoms with Gasteiger partial charge in [0.15, 0.2) is 0 Å². The molecule has 0 aliphatic carbocycles. The number of carboxylic acids is 1. The van der Waals surface area contributed by atoms with Crippen LogP contribution in [0.5, 0.6) is 0 Å². The molecule has 1 aromatic heterocycles. The van der Waals surface area contributed by atoms with Crippen molar-refractivity contribution in [2.45, 2.75) is 51.3 Å². The number of hydrogen-bond donors (Lipinski definition) is 2. The van der Waals surface area contributed by atoms with E-state index in [9.17, 15) is 9.90 Å². The van der Waals surface area contributed by atoms with Crippen LogP contribution in [0, 0.1) is 19.8 Å². The zero-order valence-corrected chi connectivity index (χ0v) is 19.4. The molecule has 3 aromatic rings. The van der Waals surface area contributed by atoms with Crippen molar-refractivity contribution >= 4 is 17.7 Å². The lowest BCUT2D eigenvalue weighted by Gasteiger charge is -2.21. The molecule has 5 heteroatoms. The third kappa shape index (κ3) is 5.54. The molecule has 0 amide bonds. The molecular formula is C26H30N2O2S. The lowest BCUT2D eigenvalue weighted by molar-refractivity contribution is 0.0696. The number of rotatable bonds is 8. The van der Waals surface area contributed by atoms with Crippen molar-refractivity contribution < 1.29 is 9.90 Å². The Hall–Kier alpha value is -2.63. The number of aromatic nitrogens is 1. The maximum absolute atomic E-state index is 11.3. The van der Waals surface area contributed by atoms with E-state index in [0.29, 0.717) is 23.8 Å². The van der Waals surface area contributed by atoms with Crippen LogP contribution in [0.1, 0.15) is 52.3 Å². The molecule has 1 heterocycles. The van der Waals surface area contributed by atoms with Gasteiger partial charge in [0.25, 0.3) is 0 Å². The van der Waals surface area contributed by atoms with Crippen LogP contribution in [0.25, 0.3) is 11.1 Å². The number of nitrogens with zero attached hydrogens (tertiary/aromatic N) is 1. The number of carbonyl (C=O) groups is 1. The smallest absolute Gasteiger partial charge is 0.335 e. The fourth-order valence-electron chi connectivity index (χ4n) is 3.74. The Morgan fingerprint density at radius 3 is 2.42 bits per heavy atom. The molecule has 0 bridgehead atoms. The summed E-state index contributed by atoms with van der Waals surface area (Å²) in [6, 6.07) is 15.6. The first kappa shape index (κ1) is 23.0. The summed E-state index contributed by atoms with van der Waals surface area (Å²) in [6.45, 7) is 8.97. The SMILES string of the molecule is Cc1ccc(-c2c(CSc3cccc(C(=O)O)c3)c(C)nc(CC(C)C)c2CN)cc1.